The van der Waals surface area contributed by atoms with Crippen molar-refractivity contribution in [2.45, 2.75) is 154 Å². The molecular weight excluding hydrogens is 767 g/mol. The second kappa shape index (κ2) is 34.0. The molecule has 0 bridgehead atoms. The largest absolute Gasteiger partial charge is 0.472 e. The molecule has 1 saturated carbocycles. The Morgan fingerprint density at radius 1 is 0.759 bits per heavy atom. The molecule has 0 aromatic carbocycles. The summed E-state index contributed by atoms with van der Waals surface area (Å²) in [5, 5.41) is 49.7. The first kappa shape index (κ1) is 53.3. The molecule has 0 radical (unpaired) electrons. The smallest absolute Gasteiger partial charge is 0.461 e. The zero-order chi connectivity index (χ0) is 42.9. The van der Waals surface area contributed by atoms with Gasteiger partial charge >= 0.3 is 19.8 Å². The van der Waals surface area contributed by atoms with Crippen LogP contribution >= 0.6 is 7.82 Å². The fourth-order valence-electron chi connectivity index (χ4n) is 6.13. The van der Waals surface area contributed by atoms with Gasteiger partial charge < -0.3 is 39.9 Å². The maximum Gasteiger partial charge on any atom is 0.472 e. The van der Waals surface area contributed by atoms with Gasteiger partial charge in [-0.05, 0) is 63.7 Å². The van der Waals surface area contributed by atoms with Crippen molar-refractivity contribution in [1.82, 2.24) is 0 Å². The number of carbonyl (C=O) groups excluding carboxylic acids is 2. The lowest BCUT2D eigenvalue weighted by Gasteiger charge is -2.20. The maximum absolute atomic E-state index is 12.7. The highest BCUT2D eigenvalue weighted by Crippen LogP contribution is 2.43. The van der Waals surface area contributed by atoms with Crippen molar-refractivity contribution in [2.75, 3.05) is 26.4 Å². The molecule has 14 heteroatoms. The van der Waals surface area contributed by atoms with Gasteiger partial charge in [0.25, 0.3) is 0 Å². The summed E-state index contributed by atoms with van der Waals surface area (Å²) in [7, 11) is -4.71. The molecular formula is C44H73O13P. The second-order valence-electron chi connectivity index (χ2n) is 14.6. The summed E-state index contributed by atoms with van der Waals surface area (Å²) in [6.45, 7) is 1.73. The third-order valence-corrected chi connectivity index (χ3v) is 10.4. The van der Waals surface area contributed by atoms with Crippen LogP contribution < -0.4 is 0 Å². The van der Waals surface area contributed by atoms with Crippen LogP contribution in [-0.4, -0.2) is 99.3 Å². The van der Waals surface area contributed by atoms with Crippen LogP contribution in [0.25, 0.3) is 0 Å². The van der Waals surface area contributed by atoms with E-state index in [0.717, 1.165) is 70.6 Å². The van der Waals surface area contributed by atoms with Crippen molar-refractivity contribution in [2.24, 2.45) is 11.8 Å². The van der Waals surface area contributed by atoms with Gasteiger partial charge in [-0.3, -0.25) is 18.6 Å². The molecule has 58 heavy (non-hydrogen) atoms. The van der Waals surface area contributed by atoms with Crippen LogP contribution in [-0.2, 0) is 32.7 Å². The molecule has 0 aromatic heterocycles. The Morgan fingerprint density at radius 3 is 2.09 bits per heavy atom. The Bertz CT molecular complexity index is 1310. The van der Waals surface area contributed by atoms with Crippen molar-refractivity contribution in [3.05, 3.63) is 72.9 Å². The number of rotatable bonds is 34. The number of carbonyl (C=O) groups is 2. The van der Waals surface area contributed by atoms with Crippen LogP contribution in [0.4, 0.5) is 0 Å². The number of aliphatic hydroxyl groups excluding tert-OH is 5. The molecule has 0 amide bonds. The van der Waals surface area contributed by atoms with Gasteiger partial charge in [-0.25, -0.2) is 4.57 Å². The van der Waals surface area contributed by atoms with E-state index in [-0.39, 0.29) is 31.1 Å². The van der Waals surface area contributed by atoms with Gasteiger partial charge in [-0.2, -0.15) is 0 Å². The maximum atomic E-state index is 12.7. The minimum absolute atomic E-state index is 0.0862. The summed E-state index contributed by atoms with van der Waals surface area (Å²) in [4.78, 5) is 35.2. The first-order valence-corrected chi connectivity index (χ1v) is 22.6. The van der Waals surface area contributed by atoms with Crippen LogP contribution in [0.3, 0.4) is 0 Å². The average molecular weight is 841 g/mol. The summed E-state index contributed by atoms with van der Waals surface area (Å²) in [5.74, 6) is -1.92. The van der Waals surface area contributed by atoms with E-state index in [1.165, 1.54) is 0 Å². The second-order valence-corrected chi connectivity index (χ2v) is 16.1. The number of phosphoric acid groups is 1. The Kier molecular flexibility index (Phi) is 31.3. The molecule has 0 aliphatic heterocycles. The van der Waals surface area contributed by atoms with E-state index in [9.17, 15) is 39.5 Å². The third kappa shape index (κ3) is 27.9. The van der Waals surface area contributed by atoms with Crippen molar-refractivity contribution >= 4 is 19.8 Å². The first-order valence-electron chi connectivity index (χ1n) is 21.2. The molecule has 1 aliphatic rings. The van der Waals surface area contributed by atoms with Crippen molar-refractivity contribution in [3.8, 4) is 0 Å². The molecule has 1 rings (SSSR count). The van der Waals surface area contributed by atoms with E-state index in [1.54, 1.807) is 24.3 Å². The van der Waals surface area contributed by atoms with Gasteiger partial charge in [-0.1, -0.05) is 119 Å². The van der Waals surface area contributed by atoms with Gasteiger partial charge in [0.15, 0.2) is 6.10 Å². The Hall–Kier alpha value is -2.71. The van der Waals surface area contributed by atoms with Crippen LogP contribution in [0.2, 0.25) is 0 Å². The zero-order valence-corrected chi connectivity index (χ0v) is 35.7. The minimum atomic E-state index is -4.71. The third-order valence-electron chi connectivity index (χ3n) is 9.45. The predicted octanol–water partition coefficient (Wildman–Crippen LogP) is 7.27. The standard InChI is InChI=1S/C44H73O13P/c1-3-5-7-8-9-10-11-12-13-14-15-16-17-18-19-20-22-28-44(51)57-38(35-56-58(52,53)55-33-37(47)32-45)34-54-43(50)27-24-23-26-39-40(42(49)31-41(39)48)30-29-36(46)25-21-6-4-2/h5,7,9-10,12-13,15-16,23-24,29-30,36-42,45-49H,3-4,6,8,11,14,17-22,25-28,31-35H2,1-2H3,(H,52,53)/b7-5-,10-9-,13-12-,16-15-,24-23-,30-29+/t36-,37+,38-,39+,40-,41+,42-/m1/s1. The molecule has 1 aliphatic carbocycles. The SMILES string of the molecule is CC/C=C\C/C=C\C/C=C\C/C=C\CCCCCCC(=O)O[C@H](COC(=O)C/C=C\C[C@H]1[C@@H](/C=C/[C@H](O)CCCCC)[C@H](O)C[C@@H]1O)COP(=O)(O)OC[C@@H](O)CO. The van der Waals surface area contributed by atoms with Crippen LogP contribution in [0, 0.1) is 11.8 Å². The molecule has 6 N–H and O–H groups in total. The zero-order valence-electron chi connectivity index (χ0n) is 34.8. The summed E-state index contributed by atoms with van der Waals surface area (Å²) < 4.78 is 32.6. The van der Waals surface area contributed by atoms with Gasteiger partial charge in [0, 0.05) is 18.8 Å². The number of aliphatic hydroxyl groups is 5. The van der Waals surface area contributed by atoms with E-state index in [1.807, 2.05) is 0 Å². The highest BCUT2D eigenvalue weighted by atomic mass is 31.2. The topological polar surface area (TPSA) is 210 Å². The minimum Gasteiger partial charge on any atom is -0.461 e. The van der Waals surface area contributed by atoms with E-state index in [4.69, 9.17) is 19.1 Å². The highest BCUT2D eigenvalue weighted by molar-refractivity contribution is 7.47. The molecule has 1 fully saturated rings. The molecule has 8 atom stereocenters. The van der Waals surface area contributed by atoms with Crippen molar-refractivity contribution in [3.63, 3.8) is 0 Å². The average Bonchev–Trinajstić information content (AvgIpc) is 3.47. The van der Waals surface area contributed by atoms with E-state index < -0.39 is 76.7 Å². The van der Waals surface area contributed by atoms with E-state index in [2.05, 4.69) is 67.0 Å². The van der Waals surface area contributed by atoms with Crippen LogP contribution in [0.5, 0.6) is 0 Å². The summed E-state index contributed by atoms with van der Waals surface area (Å²) in [5.41, 5.74) is 0. The van der Waals surface area contributed by atoms with Crippen LogP contribution in [0.15, 0.2) is 72.9 Å². The van der Waals surface area contributed by atoms with E-state index >= 15 is 0 Å². The number of hydrogen-bond donors (Lipinski definition) is 6. The summed E-state index contributed by atoms with van der Waals surface area (Å²) in [6.07, 6.45) is 31.4. The van der Waals surface area contributed by atoms with Gasteiger partial charge in [0.1, 0.15) is 12.7 Å². The number of unbranched alkanes of at least 4 members (excludes halogenated alkanes) is 6. The van der Waals surface area contributed by atoms with Gasteiger partial charge in [0.05, 0.1) is 44.6 Å². The predicted molar refractivity (Wildman–Crippen MR) is 225 cm³/mol. The molecule has 1 unspecified atom stereocenters. The van der Waals surface area contributed by atoms with Crippen molar-refractivity contribution < 1.29 is 63.1 Å². The Morgan fingerprint density at radius 2 is 1.41 bits per heavy atom. The molecule has 0 spiro atoms. The fraction of sp³-hybridized carbons (Fsp3) is 0.682. The number of esters is 2. The Labute approximate surface area is 346 Å². The van der Waals surface area contributed by atoms with Gasteiger partial charge in [-0.15, -0.1) is 0 Å². The molecule has 332 valence electrons. The quantitative estimate of drug-likeness (QED) is 0.0163. The number of allylic oxidation sites excluding steroid dienone is 9. The molecule has 13 nitrogen and oxygen atoms in total. The van der Waals surface area contributed by atoms with Crippen molar-refractivity contribution in [1.29, 1.82) is 0 Å². The fourth-order valence-corrected chi connectivity index (χ4v) is 6.92. The lowest BCUT2D eigenvalue weighted by Crippen LogP contribution is -2.29. The van der Waals surface area contributed by atoms with Gasteiger partial charge in [0.2, 0.25) is 0 Å². The molecule has 0 saturated heterocycles. The summed E-state index contributed by atoms with van der Waals surface area (Å²) >= 11 is 0. The number of ether oxygens (including phenoxy) is 2. The first-order chi connectivity index (χ1) is 27.9. The highest BCUT2D eigenvalue weighted by Gasteiger charge is 2.39. The number of phosphoric ester groups is 1. The monoisotopic (exact) mass is 840 g/mol. The van der Waals surface area contributed by atoms with Crippen LogP contribution in [0.1, 0.15) is 123 Å². The molecule has 0 aromatic rings. The molecule has 0 heterocycles. The summed E-state index contributed by atoms with van der Waals surface area (Å²) in [6, 6.07) is 0. The lowest BCUT2D eigenvalue weighted by molar-refractivity contribution is -0.160. The normalized spacial score (nSPS) is 21.6. The van der Waals surface area contributed by atoms with E-state index in [0.29, 0.717) is 19.3 Å². The Balaban J connectivity index is 2.55. The lowest BCUT2D eigenvalue weighted by atomic mass is 9.89. The number of hydrogen-bond acceptors (Lipinski definition) is 12.